The molecular formula is C21H21ClN4O3. The van der Waals surface area contributed by atoms with Crippen LogP contribution in [0, 0.1) is 0 Å². The van der Waals surface area contributed by atoms with Crippen molar-refractivity contribution in [2.24, 2.45) is 0 Å². The van der Waals surface area contributed by atoms with Gasteiger partial charge < -0.3 is 10.1 Å². The number of amides is 1. The van der Waals surface area contributed by atoms with Crippen molar-refractivity contribution >= 4 is 34.1 Å². The van der Waals surface area contributed by atoms with Crippen molar-refractivity contribution in [3.05, 3.63) is 69.7 Å². The third kappa shape index (κ3) is 4.82. The summed E-state index contributed by atoms with van der Waals surface area (Å²) < 4.78 is 6.64. The van der Waals surface area contributed by atoms with Gasteiger partial charge in [0.05, 0.1) is 30.4 Å². The monoisotopic (exact) mass is 412 g/mol. The Morgan fingerprint density at radius 2 is 1.90 bits per heavy atom. The summed E-state index contributed by atoms with van der Waals surface area (Å²) in [7, 11) is 0. The Labute approximate surface area is 172 Å². The van der Waals surface area contributed by atoms with E-state index in [2.05, 4.69) is 15.2 Å². The minimum absolute atomic E-state index is 0.121. The maximum atomic E-state index is 12.6. The molecular weight excluding hydrogens is 392 g/mol. The molecule has 0 saturated carbocycles. The maximum absolute atomic E-state index is 12.6. The fraction of sp³-hybridized carbons (Fsp3) is 0.286. The van der Waals surface area contributed by atoms with E-state index < -0.39 is 0 Å². The Balaban J connectivity index is 1.40. The lowest BCUT2D eigenvalue weighted by atomic mass is 10.2. The minimum atomic E-state index is -0.298. The predicted octanol–water partition coefficient (Wildman–Crippen LogP) is 2.52. The van der Waals surface area contributed by atoms with Crippen LogP contribution in [0.1, 0.15) is 5.56 Å². The quantitative estimate of drug-likeness (QED) is 0.696. The number of fused-ring (bicyclic) bond motifs is 1. The van der Waals surface area contributed by atoms with Crippen molar-refractivity contribution in [3.63, 3.8) is 0 Å². The zero-order valence-corrected chi connectivity index (χ0v) is 16.6. The highest BCUT2D eigenvalue weighted by molar-refractivity contribution is 6.31. The van der Waals surface area contributed by atoms with Crippen molar-refractivity contribution in [2.45, 2.75) is 13.1 Å². The molecule has 0 spiro atoms. The molecule has 2 heterocycles. The number of carbonyl (C=O) groups is 1. The number of morpholine rings is 1. The molecule has 1 N–H and O–H groups in total. The number of carbonyl (C=O) groups excluding carboxylic acids is 1. The third-order valence-corrected chi connectivity index (χ3v) is 5.08. The Morgan fingerprint density at radius 1 is 1.14 bits per heavy atom. The molecule has 3 aromatic rings. The first kappa shape index (κ1) is 19.6. The van der Waals surface area contributed by atoms with Crippen LogP contribution in [0.25, 0.3) is 10.9 Å². The molecule has 150 valence electrons. The van der Waals surface area contributed by atoms with E-state index in [4.69, 9.17) is 16.3 Å². The molecule has 1 fully saturated rings. The second kappa shape index (κ2) is 8.73. The van der Waals surface area contributed by atoms with Gasteiger partial charge in [-0.3, -0.25) is 19.1 Å². The maximum Gasteiger partial charge on any atom is 0.261 e. The number of anilines is 1. The summed E-state index contributed by atoms with van der Waals surface area (Å²) in [5, 5.41) is 3.67. The Kier molecular flexibility index (Phi) is 5.89. The number of hydrogen-bond acceptors (Lipinski definition) is 5. The highest BCUT2D eigenvalue weighted by atomic mass is 35.5. The van der Waals surface area contributed by atoms with E-state index in [-0.39, 0.29) is 18.0 Å². The Morgan fingerprint density at radius 3 is 2.66 bits per heavy atom. The van der Waals surface area contributed by atoms with Gasteiger partial charge in [0.1, 0.15) is 6.54 Å². The fourth-order valence-electron chi connectivity index (χ4n) is 3.31. The Hall–Kier alpha value is -2.74. The summed E-state index contributed by atoms with van der Waals surface area (Å²) in [6.07, 6.45) is 1.38. The molecule has 0 atom stereocenters. The van der Waals surface area contributed by atoms with Crippen molar-refractivity contribution in [2.75, 3.05) is 31.6 Å². The second-order valence-corrected chi connectivity index (χ2v) is 7.41. The van der Waals surface area contributed by atoms with Crippen LogP contribution in [-0.4, -0.2) is 46.7 Å². The van der Waals surface area contributed by atoms with Gasteiger partial charge in [0.2, 0.25) is 5.91 Å². The van der Waals surface area contributed by atoms with Gasteiger partial charge in [-0.25, -0.2) is 4.98 Å². The van der Waals surface area contributed by atoms with E-state index in [9.17, 15) is 9.59 Å². The molecule has 1 amide bonds. The average molecular weight is 413 g/mol. The lowest BCUT2D eigenvalue weighted by Crippen LogP contribution is -2.35. The number of rotatable bonds is 5. The lowest BCUT2D eigenvalue weighted by Gasteiger charge is -2.26. The van der Waals surface area contributed by atoms with Gasteiger partial charge in [-0.1, -0.05) is 23.7 Å². The first-order valence-corrected chi connectivity index (χ1v) is 9.80. The van der Waals surface area contributed by atoms with Crippen LogP contribution < -0.4 is 10.9 Å². The molecule has 8 heteroatoms. The van der Waals surface area contributed by atoms with Crippen LogP contribution in [0.4, 0.5) is 5.69 Å². The summed E-state index contributed by atoms with van der Waals surface area (Å²) in [6.45, 7) is 4.13. The van der Waals surface area contributed by atoms with Crippen LogP contribution in [0.5, 0.6) is 0 Å². The summed E-state index contributed by atoms with van der Waals surface area (Å²) in [6, 6.07) is 12.7. The lowest BCUT2D eigenvalue weighted by molar-refractivity contribution is -0.116. The van der Waals surface area contributed by atoms with Crippen LogP contribution in [0.2, 0.25) is 5.02 Å². The van der Waals surface area contributed by atoms with Gasteiger partial charge >= 0.3 is 0 Å². The largest absolute Gasteiger partial charge is 0.379 e. The second-order valence-electron chi connectivity index (χ2n) is 6.97. The van der Waals surface area contributed by atoms with Gasteiger partial charge in [-0.15, -0.1) is 0 Å². The van der Waals surface area contributed by atoms with Crippen molar-refractivity contribution in [1.29, 1.82) is 0 Å². The summed E-state index contributed by atoms with van der Waals surface area (Å²) >= 11 is 5.97. The predicted molar refractivity (Wildman–Crippen MR) is 112 cm³/mol. The molecule has 7 nitrogen and oxygen atoms in total. The van der Waals surface area contributed by atoms with E-state index in [1.54, 1.807) is 18.2 Å². The molecule has 1 aromatic heterocycles. The SMILES string of the molecule is O=C(Cn1cnc2ccc(Cl)cc2c1=O)Nc1ccc(CN2CCOCC2)cc1. The van der Waals surface area contributed by atoms with Gasteiger partial charge in [-0.2, -0.15) is 0 Å². The standard InChI is InChI=1S/C21H21ClN4O3/c22-16-3-6-19-18(11-16)21(28)26(14-23-19)13-20(27)24-17-4-1-15(2-5-17)12-25-7-9-29-10-8-25/h1-6,11,14H,7-10,12-13H2,(H,24,27). The summed E-state index contributed by atoms with van der Waals surface area (Å²) in [5.74, 6) is -0.295. The third-order valence-electron chi connectivity index (χ3n) is 4.85. The minimum Gasteiger partial charge on any atom is -0.379 e. The molecule has 4 rings (SSSR count). The summed E-state index contributed by atoms with van der Waals surface area (Å²) in [4.78, 5) is 31.5. The fourth-order valence-corrected chi connectivity index (χ4v) is 3.48. The first-order chi connectivity index (χ1) is 14.1. The zero-order chi connectivity index (χ0) is 20.2. The Bertz CT molecular complexity index is 1080. The van der Waals surface area contributed by atoms with E-state index in [1.807, 2.05) is 24.3 Å². The molecule has 0 aliphatic carbocycles. The van der Waals surface area contributed by atoms with E-state index in [0.717, 1.165) is 32.8 Å². The number of benzene rings is 2. The number of aromatic nitrogens is 2. The normalized spacial score (nSPS) is 14.8. The zero-order valence-electron chi connectivity index (χ0n) is 15.8. The molecule has 29 heavy (non-hydrogen) atoms. The van der Waals surface area contributed by atoms with Crippen molar-refractivity contribution in [3.8, 4) is 0 Å². The van der Waals surface area contributed by atoms with Crippen LogP contribution >= 0.6 is 11.6 Å². The van der Waals surface area contributed by atoms with Crippen molar-refractivity contribution in [1.82, 2.24) is 14.5 Å². The molecule has 0 bridgehead atoms. The number of ether oxygens (including phenoxy) is 1. The molecule has 2 aromatic carbocycles. The topological polar surface area (TPSA) is 76.5 Å². The highest BCUT2D eigenvalue weighted by Crippen LogP contribution is 2.15. The van der Waals surface area contributed by atoms with Gasteiger partial charge in [0, 0.05) is 30.3 Å². The average Bonchev–Trinajstić information content (AvgIpc) is 2.73. The number of hydrogen-bond donors (Lipinski definition) is 1. The highest BCUT2D eigenvalue weighted by Gasteiger charge is 2.12. The van der Waals surface area contributed by atoms with E-state index >= 15 is 0 Å². The smallest absolute Gasteiger partial charge is 0.261 e. The molecule has 0 unspecified atom stereocenters. The number of nitrogens with zero attached hydrogens (tertiary/aromatic N) is 3. The number of halogens is 1. The number of nitrogens with one attached hydrogen (secondary N) is 1. The van der Waals surface area contributed by atoms with Crippen molar-refractivity contribution < 1.29 is 9.53 Å². The first-order valence-electron chi connectivity index (χ1n) is 9.42. The molecule has 1 aliphatic rings. The van der Waals surface area contributed by atoms with Gasteiger partial charge in [-0.05, 0) is 35.9 Å². The van der Waals surface area contributed by atoms with Gasteiger partial charge in [0.25, 0.3) is 5.56 Å². The summed E-state index contributed by atoms with van der Waals surface area (Å²) in [5.41, 5.74) is 2.11. The van der Waals surface area contributed by atoms with E-state index in [1.165, 1.54) is 16.5 Å². The van der Waals surface area contributed by atoms with Gasteiger partial charge in [0.15, 0.2) is 0 Å². The van der Waals surface area contributed by atoms with Crippen LogP contribution in [0.3, 0.4) is 0 Å². The van der Waals surface area contributed by atoms with Crippen LogP contribution in [-0.2, 0) is 22.6 Å². The van der Waals surface area contributed by atoms with E-state index in [0.29, 0.717) is 21.6 Å². The molecule has 1 aliphatic heterocycles. The van der Waals surface area contributed by atoms with Crippen LogP contribution in [0.15, 0.2) is 53.6 Å². The molecule has 1 saturated heterocycles. The molecule has 0 radical (unpaired) electrons.